The van der Waals surface area contributed by atoms with Crippen LogP contribution in [-0.2, 0) is 28.7 Å². The monoisotopic (exact) mass is 342 g/mol. The minimum Gasteiger partial charge on any atom is -0.349 e. The van der Waals surface area contributed by atoms with E-state index in [1.165, 1.54) is 0 Å². The lowest BCUT2D eigenvalue weighted by molar-refractivity contribution is -0.140. The van der Waals surface area contributed by atoms with E-state index in [0.717, 1.165) is 53.6 Å². The highest BCUT2D eigenvalue weighted by Crippen LogP contribution is 2.24. The number of rotatable bonds is 7. The molecule has 0 atom stereocenters. The van der Waals surface area contributed by atoms with Crippen LogP contribution in [0.25, 0.3) is 0 Å². The van der Waals surface area contributed by atoms with Gasteiger partial charge in [-0.2, -0.15) is 5.10 Å². The van der Waals surface area contributed by atoms with Crippen molar-refractivity contribution in [1.82, 2.24) is 10.2 Å². The van der Waals surface area contributed by atoms with E-state index in [1.54, 1.807) is 0 Å². The maximum absolute atomic E-state index is 12.0. The van der Waals surface area contributed by atoms with Gasteiger partial charge in [-0.05, 0) is 50.7 Å². The standard InChI is InChI=1S/C20H26N2O3/c1-3-24-20(25-4-2)15-9-7-8-14(12-15)13-18-16-10-5-6-11-17(16)19(23)22-21-18/h7-9,12,20H,3-6,10-11,13H2,1-2H3,(H,22,23). The van der Waals surface area contributed by atoms with Gasteiger partial charge in [0.1, 0.15) is 0 Å². The van der Waals surface area contributed by atoms with Crippen LogP contribution in [0.4, 0.5) is 0 Å². The molecule has 0 amide bonds. The van der Waals surface area contributed by atoms with E-state index in [0.29, 0.717) is 19.6 Å². The van der Waals surface area contributed by atoms with E-state index in [1.807, 2.05) is 26.0 Å². The second-order valence-electron chi connectivity index (χ2n) is 6.33. The molecule has 5 heteroatoms. The van der Waals surface area contributed by atoms with Crippen LogP contribution in [0.2, 0.25) is 0 Å². The lowest BCUT2D eigenvalue weighted by Crippen LogP contribution is -2.23. The molecule has 0 fully saturated rings. The lowest BCUT2D eigenvalue weighted by Gasteiger charge is -2.19. The number of nitrogens with one attached hydrogen (secondary N) is 1. The average molecular weight is 342 g/mol. The molecule has 5 nitrogen and oxygen atoms in total. The third kappa shape index (κ3) is 4.17. The van der Waals surface area contributed by atoms with Crippen molar-refractivity contribution in [3.8, 4) is 0 Å². The Balaban J connectivity index is 1.87. The van der Waals surface area contributed by atoms with Crippen LogP contribution in [0.5, 0.6) is 0 Å². The molecule has 2 aromatic rings. The Kier molecular flexibility index (Phi) is 6.00. The van der Waals surface area contributed by atoms with E-state index < -0.39 is 0 Å². The van der Waals surface area contributed by atoms with Gasteiger partial charge in [0.25, 0.3) is 5.56 Å². The third-order valence-electron chi connectivity index (χ3n) is 4.61. The third-order valence-corrected chi connectivity index (χ3v) is 4.61. The molecule has 0 radical (unpaired) electrons. The molecule has 134 valence electrons. The second kappa shape index (κ2) is 8.41. The highest BCUT2D eigenvalue weighted by atomic mass is 16.7. The topological polar surface area (TPSA) is 64.2 Å². The summed E-state index contributed by atoms with van der Waals surface area (Å²) in [4.78, 5) is 12.0. The first-order valence-electron chi connectivity index (χ1n) is 9.14. The molecule has 3 rings (SSSR count). The average Bonchev–Trinajstić information content (AvgIpc) is 2.64. The van der Waals surface area contributed by atoms with E-state index >= 15 is 0 Å². The van der Waals surface area contributed by atoms with Crippen LogP contribution in [0, 0.1) is 0 Å². The summed E-state index contributed by atoms with van der Waals surface area (Å²) in [5, 5.41) is 7.01. The smallest absolute Gasteiger partial charge is 0.267 e. The lowest BCUT2D eigenvalue weighted by atomic mass is 9.90. The Morgan fingerprint density at radius 3 is 2.56 bits per heavy atom. The molecule has 0 aliphatic heterocycles. The number of aromatic amines is 1. The van der Waals surface area contributed by atoms with Gasteiger partial charge in [-0.1, -0.05) is 24.3 Å². The van der Waals surface area contributed by atoms with Gasteiger partial charge in [-0.25, -0.2) is 5.10 Å². The number of benzene rings is 1. The second-order valence-corrected chi connectivity index (χ2v) is 6.33. The summed E-state index contributed by atoms with van der Waals surface area (Å²) in [6, 6.07) is 8.24. The Bertz CT molecular complexity index is 764. The molecule has 1 N–H and O–H groups in total. The minimum atomic E-state index is -0.340. The number of hydrogen-bond donors (Lipinski definition) is 1. The predicted octanol–water partition coefficient (Wildman–Crippen LogP) is 3.31. The first-order chi connectivity index (χ1) is 12.2. The quantitative estimate of drug-likeness (QED) is 0.784. The predicted molar refractivity (Wildman–Crippen MR) is 96.7 cm³/mol. The molecule has 0 saturated carbocycles. The van der Waals surface area contributed by atoms with Crippen molar-refractivity contribution in [2.45, 2.75) is 52.2 Å². The van der Waals surface area contributed by atoms with Gasteiger partial charge in [0.05, 0.1) is 5.69 Å². The number of fused-ring (bicyclic) bond motifs is 1. The Morgan fingerprint density at radius 1 is 1.12 bits per heavy atom. The van der Waals surface area contributed by atoms with Crippen LogP contribution in [0.1, 0.15) is 60.9 Å². The summed E-state index contributed by atoms with van der Waals surface area (Å²) in [6.45, 7) is 5.13. The van der Waals surface area contributed by atoms with Gasteiger partial charge in [0, 0.05) is 30.8 Å². The molecule has 1 heterocycles. The van der Waals surface area contributed by atoms with Gasteiger partial charge < -0.3 is 9.47 Å². The van der Waals surface area contributed by atoms with Crippen LogP contribution in [-0.4, -0.2) is 23.4 Å². The summed E-state index contributed by atoms with van der Waals surface area (Å²) in [5.41, 5.74) is 5.19. The summed E-state index contributed by atoms with van der Waals surface area (Å²) in [6.07, 6.45) is 4.38. The summed E-state index contributed by atoms with van der Waals surface area (Å²) in [5.74, 6) is 0. The zero-order valence-corrected chi connectivity index (χ0v) is 15.0. The van der Waals surface area contributed by atoms with Crippen molar-refractivity contribution in [2.24, 2.45) is 0 Å². The number of hydrogen-bond acceptors (Lipinski definition) is 4. The Labute approximate surface area is 148 Å². The maximum atomic E-state index is 12.0. The SMILES string of the molecule is CCOC(OCC)c1cccc(Cc2n[nH]c(=O)c3c2CCCC3)c1. The van der Waals surface area contributed by atoms with E-state index in [-0.39, 0.29) is 11.8 Å². The Hall–Kier alpha value is -1.98. The highest BCUT2D eigenvalue weighted by Gasteiger charge is 2.18. The van der Waals surface area contributed by atoms with Crippen molar-refractivity contribution in [3.05, 3.63) is 62.6 Å². The summed E-state index contributed by atoms with van der Waals surface area (Å²) >= 11 is 0. The zero-order valence-electron chi connectivity index (χ0n) is 15.0. The molecule has 0 saturated heterocycles. The molecule has 1 aromatic carbocycles. The number of ether oxygens (including phenoxy) is 2. The largest absolute Gasteiger partial charge is 0.349 e. The molecule has 1 aliphatic rings. The van der Waals surface area contributed by atoms with Gasteiger partial charge in [0.15, 0.2) is 6.29 Å². The number of H-pyrrole nitrogens is 1. The molecule has 0 bridgehead atoms. The van der Waals surface area contributed by atoms with Crippen molar-refractivity contribution >= 4 is 0 Å². The van der Waals surface area contributed by atoms with E-state index in [2.05, 4.69) is 22.3 Å². The van der Waals surface area contributed by atoms with E-state index in [4.69, 9.17) is 9.47 Å². The molecule has 25 heavy (non-hydrogen) atoms. The van der Waals surface area contributed by atoms with Crippen molar-refractivity contribution in [3.63, 3.8) is 0 Å². The number of aromatic nitrogens is 2. The summed E-state index contributed by atoms with van der Waals surface area (Å²) < 4.78 is 11.4. The molecule has 1 aliphatic carbocycles. The first kappa shape index (κ1) is 17.8. The zero-order chi connectivity index (χ0) is 17.6. The molecule has 0 unspecified atom stereocenters. The Morgan fingerprint density at radius 2 is 1.84 bits per heavy atom. The van der Waals surface area contributed by atoms with Crippen molar-refractivity contribution in [1.29, 1.82) is 0 Å². The van der Waals surface area contributed by atoms with Gasteiger partial charge in [-0.15, -0.1) is 0 Å². The van der Waals surface area contributed by atoms with Crippen LogP contribution < -0.4 is 5.56 Å². The fourth-order valence-electron chi connectivity index (χ4n) is 3.46. The summed E-state index contributed by atoms with van der Waals surface area (Å²) in [7, 11) is 0. The van der Waals surface area contributed by atoms with Gasteiger partial charge >= 0.3 is 0 Å². The molecular weight excluding hydrogens is 316 g/mol. The van der Waals surface area contributed by atoms with Gasteiger partial charge in [0.2, 0.25) is 0 Å². The van der Waals surface area contributed by atoms with E-state index in [9.17, 15) is 4.79 Å². The molecular formula is C20H26N2O3. The van der Waals surface area contributed by atoms with Crippen LogP contribution >= 0.6 is 0 Å². The number of nitrogens with zero attached hydrogens (tertiary/aromatic N) is 1. The first-order valence-corrected chi connectivity index (χ1v) is 9.14. The van der Waals surface area contributed by atoms with Crippen LogP contribution in [0.15, 0.2) is 29.1 Å². The van der Waals surface area contributed by atoms with Gasteiger partial charge in [-0.3, -0.25) is 4.79 Å². The maximum Gasteiger partial charge on any atom is 0.267 e. The fraction of sp³-hybridized carbons (Fsp3) is 0.500. The van der Waals surface area contributed by atoms with Crippen molar-refractivity contribution in [2.75, 3.05) is 13.2 Å². The fourth-order valence-corrected chi connectivity index (χ4v) is 3.46. The van der Waals surface area contributed by atoms with Crippen molar-refractivity contribution < 1.29 is 9.47 Å². The molecule has 1 aromatic heterocycles. The molecule has 0 spiro atoms. The van der Waals surface area contributed by atoms with Crippen LogP contribution in [0.3, 0.4) is 0 Å². The minimum absolute atomic E-state index is 0.0278. The highest BCUT2D eigenvalue weighted by molar-refractivity contribution is 5.35. The normalized spacial score (nSPS) is 13.9.